The van der Waals surface area contributed by atoms with E-state index in [4.69, 9.17) is 0 Å². The zero-order valence-corrected chi connectivity index (χ0v) is 13.1. The van der Waals surface area contributed by atoms with Gasteiger partial charge in [-0.2, -0.15) is 0 Å². The Morgan fingerprint density at radius 3 is 2.50 bits per heavy atom. The minimum Gasteiger partial charge on any atom is -0.366 e. The lowest BCUT2D eigenvalue weighted by Crippen LogP contribution is -2.04. The van der Waals surface area contributed by atoms with Crippen LogP contribution >= 0.6 is 0 Å². The van der Waals surface area contributed by atoms with Gasteiger partial charge in [0, 0.05) is 24.4 Å². The molecular weight excluding hydrogens is 310 g/mol. The molecule has 0 aliphatic rings. The van der Waals surface area contributed by atoms with E-state index in [-0.39, 0.29) is 0 Å². The molecule has 0 unspecified atom stereocenters. The molecule has 4 nitrogen and oxygen atoms in total. The van der Waals surface area contributed by atoms with Crippen LogP contribution in [0.5, 0.6) is 0 Å². The molecule has 24 heavy (non-hydrogen) atoms. The molecule has 122 valence electrons. The van der Waals surface area contributed by atoms with Crippen LogP contribution in [-0.2, 0) is 6.54 Å². The summed E-state index contributed by atoms with van der Waals surface area (Å²) in [7, 11) is 0. The Kier molecular flexibility index (Phi) is 4.65. The van der Waals surface area contributed by atoms with Crippen molar-refractivity contribution in [3.05, 3.63) is 77.6 Å². The van der Waals surface area contributed by atoms with Crippen molar-refractivity contribution >= 4 is 17.3 Å². The molecule has 1 aromatic heterocycles. The third-order valence-electron chi connectivity index (χ3n) is 3.58. The fourth-order valence-electron chi connectivity index (χ4n) is 2.24. The third kappa shape index (κ3) is 3.84. The molecule has 1 heterocycles. The largest absolute Gasteiger partial charge is 0.366 e. The first-order valence-electron chi connectivity index (χ1n) is 7.44. The highest BCUT2D eigenvalue weighted by atomic mass is 19.2. The lowest BCUT2D eigenvalue weighted by Gasteiger charge is -2.10. The summed E-state index contributed by atoms with van der Waals surface area (Å²) in [6.45, 7) is 2.68. The van der Waals surface area contributed by atoms with E-state index in [1.54, 1.807) is 6.07 Å². The molecule has 2 aromatic carbocycles. The fourth-order valence-corrected chi connectivity index (χ4v) is 2.24. The van der Waals surface area contributed by atoms with Crippen molar-refractivity contribution in [3.8, 4) is 0 Å². The normalized spacial score (nSPS) is 10.5. The average Bonchev–Trinajstić information content (AvgIpc) is 2.58. The number of aryl methyl sites for hydroxylation is 1. The van der Waals surface area contributed by atoms with Crippen LogP contribution in [0.1, 0.15) is 11.1 Å². The van der Waals surface area contributed by atoms with E-state index in [2.05, 4.69) is 20.6 Å². The molecule has 0 fully saturated rings. The molecular formula is C18H16F2N4. The zero-order valence-electron chi connectivity index (χ0n) is 13.1. The second-order valence-corrected chi connectivity index (χ2v) is 5.32. The number of nitrogens with zero attached hydrogens (tertiary/aromatic N) is 2. The van der Waals surface area contributed by atoms with Crippen LogP contribution in [0, 0.1) is 18.6 Å². The van der Waals surface area contributed by atoms with Crippen LogP contribution in [-0.4, -0.2) is 9.97 Å². The number of rotatable bonds is 5. The number of halogens is 2. The number of hydrogen-bond donors (Lipinski definition) is 2. The molecule has 0 radical (unpaired) electrons. The highest BCUT2D eigenvalue weighted by Gasteiger charge is 2.05. The van der Waals surface area contributed by atoms with Crippen molar-refractivity contribution in [2.24, 2.45) is 0 Å². The van der Waals surface area contributed by atoms with Crippen molar-refractivity contribution in [3.63, 3.8) is 0 Å². The van der Waals surface area contributed by atoms with E-state index < -0.39 is 11.6 Å². The van der Waals surface area contributed by atoms with E-state index in [1.807, 2.05) is 31.2 Å². The number of anilines is 3. The van der Waals surface area contributed by atoms with Crippen LogP contribution in [0.4, 0.5) is 26.1 Å². The number of benzene rings is 2. The first-order chi connectivity index (χ1) is 11.6. The highest BCUT2D eigenvalue weighted by Crippen LogP contribution is 2.19. The zero-order chi connectivity index (χ0) is 16.9. The van der Waals surface area contributed by atoms with Gasteiger partial charge in [-0.3, -0.25) is 0 Å². The first-order valence-corrected chi connectivity index (χ1v) is 7.44. The fraction of sp³-hybridized carbons (Fsp3) is 0.111. The van der Waals surface area contributed by atoms with Crippen LogP contribution in [0.25, 0.3) is 0 Å². The van der Waals surface area contributed by atoms with Crippen molar-refractivity contribution in [2.75, 3.05) is 10.6 Å². The minimum absolute atomic E-state index is 0.414. The molecule has 0 bridgehead atoms. The molecule has 0 spiro atoms. The number of aromatic nitrogens is 2. The quantitative estimate of drug-likeness (QED) is 0.729. The summed E-state index contributed by atoms with van der Waals surface area (Å²) in [4.78, 5) is 8.24. The van der Waals surface area contributed by atoms with E-state index in [9.17, 15) is 8.78 Å². The van der Waals surface area contributed by atoms with Crippen LogP contribution in [0.2, 0.25) is 0 Å². The topological polar surface area (TPSA) is 49.8 Å². The standard InChI is InChI=1S/C18H16F2N4/c1-12-4-2-3-5-13(12)10-21-17-9-18(23-11-22-17)24-14-6-7-15(19)16(20)8-14/h2-9,11H,10H2,1H3,(H2,21,22,23,24). The molecule has 6 heteroatoms. The first kappa shape index (κ1) is 15.9. The van der Waals surface area contributed by atoms with Gasteiger partial charge >= 0.3 is 0 Å². The van der Waals surface area contributed by atoms with Crippen molar-refractivity contribution < 1.29 is 8.78 Å². The second-order valence-electron chi connectivity index (χ2n) is 5.32. The highest BCUT2D eigenvalue weighted by molar-refractivity contribution is 5.58. The lowest BCUT2D eigenvalue weighted by atomic mass is 10.1. The predicted molar refractivity (Wildman–Crippen MR) is 90.2 cm³/mol. The maximum Gasteiger partial charge on any atom is 0.160 e. The lowest BCUT2D eigenvalue weighted by molar-refractivity contribution is 0.509. The molecule has 0 saturated carbocycles. The van der Waals surface area contributed by atoms with Crippen LogP contribution < -0.4 is 10.6 Å². The molecule has 2 N–H and O–H groups in total. The smallest absolute Gasteiger partial charge is 0.160 e. The van der Waals surface area contributed by atoms with Gasteiger partial charge in [0.1, 0.15) is 18.0 Å². The Balaban J connectivity index is 1.69. The van der Waals surface area contributed by atoms with Gasteiger partial charge in [-0.05, 0) is 30.2 Å². The SMILES string of the molecule is Cc1ccccc1CNc1cc(Nc2ccc(F)c(F)c2)ncn1. The summed E-state index contributed by atoms with van der Waals surface area (Å²) in [6.07, 6.45) is 1.41. The van der Waals surface area contributed by atoms with Crippen molar-refractivity contribution in [1.29, 1.82) is 0 Å². The molecule has 3 rings (SSSR count). The van der Waals surface area contributed by atoms with Gasteiger partial charge in [0.05, 0.1) is 0 Å². The average molecular weight is 326 g/mol. The Morgan fingerprint density at radius 1 is 0.917 bits per heavy atom. The molecule has 0 saturated heterocycles. The minimum atomic E-state index is -0.910. The summed E-state index contributed by atoms with van der Waals surface area (Å²) in [5, 5.41) is 6.15. The third-order valence-corrected chi connectivity index (χ3v) is 3.58. The molecule has 0 aliphatic carbocycles. The summed E-state index contributed by atoms with van der Waals surface area (Å²) in [5.74, 6) is -0.669. The maximum atomic E-state index is 13.2. The summed E-state index contributed by atoms with van der Waals surface area (Å²) in [5.41, 5.74) is 2.78. The monoisotopic (exact) mass is 326 g/mol. The second kappa shape index (κ2) is 7.04. The molecule has 3 aromatic rings. The summed E-state index contributed by atoms with van der Waals surface area (Å²) < 4.78 is 26.2. The van der Waals surface area contributed by atoms with Gasteiger partial charge in [0.15, 0.2) is 11.6 Å². The maximum absolute atomic E-state index is 13.2. The van der Waals surface area contributed by atoms with E-state index >= 15 is 0 Å². The Hall–Kier alpha value is -3.02. The Morgan fingerprint density at radius 2 is 1.71 bits per heavy atom. The summed E-state index contributed by atoms with van der Waals surface area (Å²) in [6, 6.07) is 13.4. The summed E-state index contributed by atoms with van der Waals surface area (Å²) >= 11 is 0. The Bertz CT molecular complexity index is 852. The van der Waals surface area contributed by atoms with Crippen molar-refractivity contribution in [2.45, 2.75) is 13.5 Å². The Labute approximate surface area is 138 Å². The van der Waals surface area contributed by atoms with Crippen molar-refractivity contribution in [1.82, 2.24) is 9.97 Å². The van der Waals surface area contributed by atoms with Gasteiger partial charge in [0.25, 0.3) is 0 Å². The van der Waals surface area contributed by atoms with Crippen LogP contribution in [0.15, 0.2) is 54.9 Å². The van der Waals surface area contributed by atoms with E-state index in [1.165, 1.54) is 23.5 Å². The van der Waals surface area contributed by atoms with Gasteiger partial charge in [0.2, 0.25) is 0 Å². The number of nitrogens with one attached hydrogen (secondary N) is 2. The van der Waals surface area contributed by atoms with Crippen LogP contribution in [0.3, 0.4) is 0 Å². The van der Waals surface area contributed by atoms with E-state index in [0.29, 0.717) is 23.9 Å². The van der Waals surface area contributed by atoms with Gasteiger partial charge in [-0.25, -0.2) is 18.7 Å². The number of hydrogen-bond acceptors (Lipinski definition) is 4. The van der Waals surface area contributed by atoms with Gasteiger partial charge in [-0.1, -0.05) is 24.3 Å². The predicted octanol–water partition coefficient (Wildman–Crippen LogP) is 4.42. The van der Waals surface area contributed by atoms with E-state index in [0.717, 1.165) is 12.1 Å². The van der Waals surface area contributed by atoms with Gasteiger partial charge < -0.3 is 10.6 Å². The molecule has 0 aliphatic heterocycles. The molecule has 0 amide bonds. The van der Waals surface area contributed by atoms with Gasteiger partial charge in [-0.15, -0.1) is 0 Å². The molecule has 0 atom stereocenters.